The molecule has 1 aliphatic rings. The van der Waals surface area contributed by atoms with Crippen LogP contribution in [0.15, 0.2) is 24.3 Å². The molecule has 0 bridgehead atoms. The lowest BCUT2D eigenvalue weighted by atomic mass is 10.1. The van der Waals surface area contributed by atoms with E-state index in [0.717, 1.165) is 12.0 Å². The average molecular weight is 251 g/mol. The fourth-order valence-electron chi connectivity index (χ4n) is 2.13. The van der Waals surface area contributed by atoms with Gasteiger partial charge in [-0.3, -0.25) is 4.79 Å². The largest absolute Gasteiger partial charge is 0.370 e. The molecule has 1 atom stereocenters. The molecule has 4 heteroatoms. The van der Waals surface area contributed by atoms with Crippen molar-refractivity contribution in [2.45, 2.75) is 25.9 Å². The zero-order valence-corrected chi connectivity index (χ0v) is 10.6. The molecule has 1 saturated heterocycles. The van der Waals surface area contributed by atoms with Gasteiger partial charge in [-0.05, 0) is 24.1 Å². The Morgan fingerprint density at radius 1 is 1.44 bits per heavy atom. The van der Waals surface area contributed by atoms with Gasteiger partial charge < -0.3 is 9.64 Å². The second-order valence-corrected chi connectivity index (χ2v) is 4.50. The number of amides is 1. The van der Waals surface area contributed by atoms with Crippen molar-refractivity contribution in [2.75, 3.05) is 19.7 Å². The monoisotopic (exact) mass is 251 g/mol. The van der Waals surface area contributed by atoms with Crippen LogP contribution in [0.5, 0.6) is 0 Å². The Morgan fingerprint density at radius 2 is 2.17 bits per heavy atom. The minimum atomic E-state index is -0.256. The number of hydrogen-bond donors (Lipinski definition) is 0. The van der Waals surface area contributed by atoms with Crippen molar-refractivity contribution in [3.63, 3.8) is 0 Å². The lowest BCUT2D eigenvalue weighted by molar-refractivity contribution is -0.139. The van der Waals surface area contributed by atoms with E-state index in [1.54, 1.807) is 12.1 Å². The quantitative estimate of drug-likeness (QED) is 0.826. The van der Waals surface area contributed by atoms with Crippen LogP contribution in [0.3, 0.4) is 0 Å². The minimum absolute atomic E-state index is 0.139. The van der Waals surface area contributed by atoms with Crippen LogP contribution in [0.4, 0.5) is 4.39 Å². The molecule has 0 spiro atoms. The number of carbonyl (C=O) groups is 1. The average Bonchev–Trinajstić information content (AvgIpc) is 2.40. The van der Waals surface area contributed by atoms with Gasteiger partial charge in [0.05, 0.1) is 13.2 Å². The van der Waals surface area contributed by atoms with E-state index in [1.165, 1.54) is 12.1 Å². The van der Waals surface area contributed by atoms with Gasteiger partial charge in [-0.1, -0.05) is 19.1 Å². The van der Waals surface area contributed by atoms with Crippen LogP contribution in [0.2, 0.25) is 0 Å². The van der Waals surface area contributed by atoms with E-state index in [4.69, 9.17) is 4.74 Å². The van der Waals surface area contributed by atoms with Crippen molar-refractivity contribution >= 4 is 5.91 Å². The number of nitrogens with zero attached hydrogens (tertiary/aromatic N) is 1. The summed E-state index contributed by atoms with van der Waals surface area (Å²) in [4.78, 5) is 13.7. The van der Waals surface area contributed by atoms with Crippen molar-refractivity contribution in [3.05, 3.63) is 35.6 Å². The molecule has 0 radical (unpaired) electrons. The molecule has 1 aromatic carbocycles. The molecule has 3 nitrogen and oxygen atoms in total. The van der Waals surface area contributed by atoms with Gasteiger partial charge in [0.15, 0.2) is 0 Å². The first-order chi connectivity index (χ1) is 8.70. The van der Waals surface area contributed by atoms with Crippen molar-refractivity contribution in [3.8, 4) is 0 Å². The SMILES string of the molecule is CCCC(=O)N1CCOC(c2ccc(F)cc2)C1. The van der Waals surface area contributed by atoms with Crippen LogP contribution >= 0.6 is 0 Å². The predicted molar refractivity (Wildman–Crippen MR) is 66.6 cm³/mol. The summed E-state index contributed by atoms with van der Waals surface area (Å²) >= 11 is 0. The third-order valence-electron chi connectivity index (χ3n) is 3.12. The number of morpholine rings is 1. The summed E-state index contributed by atoms with van der Waals surface area (Å²) < 4.78 is 18.5. The standard InChI is InChI=1S/C14H18FNO2/c1-2-3-14(17)16-8-9-18-13(10-16)11-4-6-12(15)7-5-11/h4-7,13H,2-3,8-10H2,1H3. The molecule has 0 saturated carbocycles. The predicted octanol–water partition coefficient (Wildman–Crippen LogP) is 2.53. The highest BCUT2D eigenvalue weighted by Gasteiger charge is 2.24. The molecule has 0 aromatic heterocycles. The maximum atomic E-state index is 12.9. The Kier molecular flexibility index (Phi) is 4.31. The second-order valence-electron chi connectivity index (χ2n) is 4.50. The van der Waals surface area contributed by atoms with Crippen LogP contribution < -0.4 is 0 Å². The summed E-state index contributed by atoms with van der Waals surface area (Å²) in [6.07, 6.45) is 1.30. The molecule has 18 heavy (non-hydrogen) atoms. The molecule has 1 aromatic rings. The van der Waals surface area contributed by atoms with Gasteiger partial charge in [-0.2, -0.15) is 0 Å². The highest BCUT2D eigenvalue weighted by atomic mass is 19.1. The first-order valence-corrected chi connectivity index (χ1v) is 6.35. The maximum absolute atomic E-state index is 12.9. The summed E-state index contributed by atoms with van der Waals surface area (Å²) in [6.45, 7) is 3.74. The highest BCUT2D eigenvalue weighted by Crippen LogP contribution is 2.22. The van der Waals surface area contributed by atoms with Gasteiger partial charge in [-0.25, -0.2) is 4.39 Å². The molecule has 0 aliphatic carbocycles. The first-order valence-electron chi connectivity index (χ1n) is 6.35. The number of rotatable bonds is 3. The van der Waals surface area contributed by atoms with Gasteiger partial charge in [0.25, 0.3) is 0 Å². The molecule has 1 heterocycles. The van der Waals surface area contributed by atoms with Gasteiger partial charge in [0, 0.05) is 13.0 Å². The lowest BCUT2D eigenvalue weighted by Gasteiger charge is -2.33. The zero-order valence-electron chi connectivity index (χ0n) is 10.6. The van der Waals surface area contributed by atoms with Crippen molar-refractivity contribution in [1.29, 1.82) is 0 Å². The fourth-order valence-corrected chi connectivity index (χ4v) is 2.13. The van der Waals surface area contributed by atoms with Gasteiger partial charge in [-0.15, -0.1) is 0 Å². The van der Waals surface area contributed by atoms with Crippen LogP contribution in [0, 0.1) is 5.82 Å². The van der Waals surface area contributed by atoms with Crippen molar-refractivity contribution in [2.24, 2.45) is 0 Å². The molecule has 1 fully saturated rings. The van der Waals surface area contributed by atoms with Gasteiger partial charge >= 0.3 is 0 Å². The Bertz CT molecular complexity index is 405. The molecule has 98 valence electrons. The topological polar surface area (TPSA) is 29.5 Å². The van der Waals surface area contributed by atoms with E-state index >= 15 is 0 Å². The van der Waals surface area contributed by atoms with E-state index in [0.29, 0.717) is 26.1 Å². The molecule has 2 rings (SSSR count). The zero-order chi connectivity index (χ0) is 13.0. The molecule has 1 aliphatic heterocycles. The first kappa shape index (κ1) is 13.0. The van der Waals surface area contributed by atoms with E-state index < -0.39 is 0 Å². The number of benzene rings is 1. The second kappa shape index (κ2) is 5.96. The van der Waals surface area contributed by atoms with Crippen LogP contribution in [0.25, 0.3) is 0 Å². The molecular weight excluding hydrogens is 233 g/mol. The van der Waals surface area contributed by atoms with E-state index in [2.05, 4.69) is 0 Å². The fraction of sp³-hybridized carbons (Fsp3) is 0.500. The minimum Gasteiger partial charge on any atom is -0.370 e. The summed E-state index contributed by atoms with van der Waals surface area (Å²) in [5.41, 5.74) is 0.922. The normalized spacial score (nSPS) is 19.9. The third kappa shape index (κ3) is 3.07. The Labute approximate surface area is 107 Å². The summed E-state index contributed by atoms with van der Waals surface area (Å²) in [5.74, 6) is -0.0820. The maximum Gasteiger partial charge on any atom is 0.222 e. The van der Waals surface area contributed by atoms with Crippen molar-refractivity contribution < 1.29 is 13.9 Å². The number of halogens is 1. The van der Waals surface area contributed by atoms with E-state index in [1.807, 2.05) is 11.8 Å². The van der Waals surface area contributed by atoms with Crippen LogP contribution in [0.1, 0.15) is 31.4 Å². The molecule has 1 amide bonds. The highest BCUT2D eigenvalue weighted by molar-refractivity contribution is 5.76. The summed E-state index contributed by atoms with van der Waals surface area (Å²) in [5, 5.41) is 0. The Balaban J connectivity index is 2.02. The Hall–Kier alpha value is -1.42. The lowest BCUT2D eigenvalue weighted by Crippen LogP contribution is -2.42. The van der Waals surface area contributed by atoms with Gasteiger partial charge in [0.1, 0.15) is 11.9 Å². The smallest absolute Gasteiger partial charge is 0.222 e. The summed E-state index contributed by atoms with van der Waals surface area (Å²) in [6, 6.07) is 6.28. The molecule has 1 unspecified atom stereocenters. The number of ether oxygens (including phenoxy) is 1. The van der Waals surface area contributed by atoms with Crippen LogP contribution in [-0.2, 0) is 9.53 Å². The molecular formula is C14H18FNO2. The summed E-state index contributed by atoms with van der Waals surface area (Å²) in [7, 11) is 0. The van der Waals surface area contributed by atoms with Crippen molar-refractivity contribution in [1.82, 2.24) is 4.90 Å². The van der Waals surface area contributed by atoms with Gasteiger partial charge in [0.2, 0.25) is 5.91 Å². The number of hydrogen-bond acceptors (Lipinski definition) is 2. The third-order valence-corrected chi connectivity index (χ3v) is 3.12. The van der Waals surface area contributed by atoms with E-state index in [9.17, 15) is 9.18 Å². The molecule has 0 N–H and O–H groups in total. The van der Waals surface area contributed by atoms with Crippen LogP contribution in [-0.4, -0.2) is 30.5 Å². The van der Waals surface area contributed by atoms with E-state index in [-0.39, 0.29) is 17.8 Å². The number of carbonyl (C=O) groups excluding carboxylic acids is 1. The Morgan fingerprint density at radius 3 is 2.83 bits per heavy atom.